The standard InChI is InChI=1S/C20H40N4O/c1-17(2)24-14-6-19(7-15-24)16-22(4)10-5-11-23-12-8-20(9-13-23)21-18(3)25/h17,19-20H,5-16H2,1-4H3,(H,21,25). The molecule has 25 heavy (non-hydrogen) atoms. The maximum absolute atomic E-state index is 11.1. The highest BCUT2D eigenvalue weighted by Gasteiger charge is 2.22. The number of carbonyl (C=O) groups is 1. The fourth-order valence-electron chi connectivity index (χ4n) is 4.34. The number of rotatable bonds is 8. The van der Waals surface area contributed by atoms with Crippen LogP contribution < -0.4 is 5.32 Å². The number of hydrogen-bond donors (Lipinski definition) is 1. The Hall–Kier alpha value is -0.650. The summed E-state index contributed by atoms with van der Waals surface area (Å²) in [5.74, 6) is 0.993. The van der Waals surface area contributed by atoms with E-state index in [1.165, 1.54) is 52.0 Å². The van der Waals surface area contributed by atoms with Crippen molar-refractivity contribution in [2.24, 2.45) is 5.92 Å². The molecule has 0 saturated carbocycles. The van der Waals surface area contributed by atoms with Crippen LogP contribution in [-0.2, 0) is 4.79 Å². The molecule has 0 radical (unpaired) electrons. The Morgan fingerprint density at radius 2 is 1.76 bits per heavy atom. The molecule has 1 N–H and O–H groups in total. The summed E-state index contributed by atoms with van der Waals surface area (Å²) in [6, 6.07) is 1.10. The zero-order valence-electron chi connectivity index (χ0n) is 17.0. The van der Waals surface area contributed by atoms with Gasteiger partial charge in [-0.15, -0.1) is 0 Å². The second kappa shape index (κ2) is 10.5. The molecule has 2 aliphatic rings. The van der Waals surface area contributed by atoms with Crippen LogP contribution in [0.1, 0.15) is 52.9 Å². The summed E-state index contributed by atoms with van der Waals surface area (Å²) in [6.45, 7) is 14.7. The third kappa shape index (κ3) is 7.63. The van der Waals surface area contributed by atoms with Crippen LogP contribution in [-0.4, -0.2) is 85.6 Å². The molecule has 1 amide bonds. The average molecular weight is 353 g/mol. The summed E-state index contributed by atoms with van der Waals surface area (Å²) in [4.78, 5) is 18.8. The van der Waals surface area contributed by atoms with Crippen LogP contribution in [0, 0.1) is 5.92 Å². The Balaban J connectivity index is 1.53. The molecule has 0 aromatic heterocycles. The van der Waals surface area contributed by atoms with Crippen LogP contribution in [0.3, 0.4) is 0 Å². The van der Waals surface area contributed by atoms with Gasteiger partial charge in [-0.05, 0) is 85.1 Å². The first-order valence-corrected chi connectivity index (χ1v) is 10.4. The highest BCUT2D eigenvalue weighted by molar-refractivity contribution is 5.73. The van der Waals surface area contributed by atoms with Gasteiger partial charge in [0.2, 0.25) is 5.91 Å². The molecule has 0 aromatic rings. The lowest BCUT2D eigenvalue weighted by Gasteiger charge is -2.36. The van der Waals surface area contributed by atoms with Gasteiger partial charge in [-0.2, -0.15) is 0 Å². The van der Waals surface area contributed by atoms with Crippen molar-refractivity contribution in [2.45, 2.75) is 65.0 Å². The van der Waals surface area contributed by atoms with E-state index in [9.17, 15) is 4.79 Å². The molecule has 2 saturated heterocycles. The minimum Gasteiger partial charge on any atom is -0.354 e. The van der Waals surface area contributed by atoms with Gasteiger partial charge >= 0.3 is 0 Å². The van der Waals surface area contributed by atoms with Crippen LogP contribution in [0.15, 0.2) is 0 Å². The van der Waals surface area contributed by atoms with Crippen molar-refractivity contribution >= 4 is 5.91 Å². The van der Waals surface area contributed by atoms with Crippen molar-refractivity contribution in [1.29, 1.82) is 0 Å². The first-order valence-electron chi connectivity index (χ1n) is 10.4. The minimum absolute atomic E-state index is 0.110. The second-order valence-electron chi connectivity index (χ2n) is 8.51. The summed E-state index contributed by atoms with van der Waals surface area (Å²) in [5.41, 5.74) is 0. The summed E-state index contributed by atoms with van der Waals surface area (Å²) >= 11 is 0. The van der Waals surface area contributed by atoms with E-state index in [4.69, 9.17) is 0 Å². The van der Waals surface area contributed by atoms with Crippen molar-refractivity contribution in [3.8, 4) is 0 Å². The molecule has 0 spiro atoms. The highest BCUT2D eigenvalue weighted by Crippen LogP contribution is 2.19. The molecule has 0 unspecified atom stereocenters. The first kappa shape index (κ1) is 20.7. The Morgan fingerprint density at radius 3 is 2.32 bits per heavy atom. The molecule has 2 aliphatic heterocycles. The molecule has 2 rings (SSSR count). The summed E-state index contributed by atoms with van der Waals surface area (Å²) < 4.78 is 0. The first-order chi connectivity index (χ1) is 11.9. The van der Waals surface area contributed by atoms with E-state index in [0.717, 1.165) is 31.8 Å². The molecule has 0 bridgehead atoms. The third-order valence-corrected chi connectivity index (χ3v) is 5.96. The zero-order chi connectivity index (χ0) is 18.2. The van der Waals surface area contributed by atoms with Gasteiger partial charge in [-0.25, -0.2) is 0 Å². The molecule has 5 nitrogen and oxygen atoms in total. The van der Waals surface area contributed by atoms with Crippen molar-refractivity contribution in [2.75, 3.05) is 52.9 Å². The highest BCUT2D eigenvalue weighted by atomic mass is 16.1. The molecule has 0 atom stereocenters. The van der Waals surface area contributed by atoms with Gasteiger partial charge in [0.25, 0.3) is 0 Å². The lowest BCUT2D eigenvalue weighted by atomic mass is 9.95. The summed E-state index contributed by atoms with van der Waals surface area (Å²) in [5, 5.41) is 3.05. The van der Waals surface area contributed by atoms with Crippen LogP contribution in [0.2, 0.25) is 0 Å². The number of nitrogens with one attached hydrogen (secondary N) is 1. The van der Waals surface area contributed by atoms with Crippen molar-refractivity contribution in [3.63, 3.8) is 0 Å². The number of nitrogens with zero attached hydrogens (tertiary/aromatic N) is 3. The van der Waals surface area contributed by atoms with Gasteiger partial charge in [-0.1, -0.05) is 0 Å². The minimum atomic E-state index is 0.110. The second-order valence-corrected chi connectivity index (χ2v) is 8.51. The smallest absolute Gasteiger partial charge is 0.217 e. The SMILES string of the molecule is CC(=O)NC1CCN(CCCN(C)CC2CCN(C(C)C)CC2)CC1. The zero-order valence-corrected chi connectivity index (χ0v) is 17.0. The Bertz CT molecular complexity index is 385. The van der Waals surface area contributed by atoms with Crippen LogP contribution in [0.4, 0.5) is 0 Å². The van der Waals surface area contributed by atoms with E-state index in [1.807, 2.05) is 0 Å². The summed E-state index contributed by atoms with van der Waals surface area (Å²) in [7, 11) is 2.29. The monoisotopic (exact) mass is 352 g/mol. The molecular weight excluding hydrogens is 312 g/mol. The quantitative estimate of drug-likeness (QED) is 0.725. The van der Waals surface area contributed by atoms with E-state index < -0.39 is 0 Å². The van der Waals surface area contributed by atoms with Gasteiger partial charge < -0.3 is 20.0 Å². The maximum Gasteiger partial charge on any atom is 0.217 e. The van der Waals surface area contributed by atoms with Crippen molar-refractivity contribution in [1.82, 2.24) is 20.0 Å². The lowest BCUT2D eigenvalue weighted by molar-refractivity contribution is -0.119. The van der Waals surface area contributed by atoms with Gasteiger partial charge in [0.1, 0.15) is 0 Å². The molecule has 5 heteroatoms. The van der Waals surface area contributed by atoms with E-state index in [1.54, 1.807) is 6.92 Å². The van der Waals surface area contributed by atoms with Gasteiger partial charge in [-0.3, -0.25) is 4.79 Å². The molecular formula is C20H40N4O. The lowest BCUT2D eigenvalue weighted by Crippen LogP contribution is -2.44. The normalized spacial score (nSPS) is 22.0. The van der Waals surface area contributed by atoms with E-state index in [-0.39, 0.29) is 5.91 Å². The molecule has 0 aromatic carbocycles. The van der Waals surface area contributed by atoms with E-state index >= 15 is 0 Å². The van der Waals surface area contributed by atoms with Gasteiger partial charge in [0.05, 0.1) is 0 Å². The fraction of sp³-hybridized carbons (Fsp3) is 0.950. The van der Waals surface area contributed by atoms with E-state index in [2.05, 4.69) is 40.9 Å². The maximum atomic E-state index is 11.1. The molecule has 2 fully saturated rings. The Labute approximate surface area is 155 Å². The van der Waals surface area contributed by atoms with Crippen LogP contribution in [0.5, 0.6) is 0 Å². The van der Waals surface area contributed by atoms with Crippen LogP contribution in [0.25, 0.3) is 0 Å². The molecule has 0 aliphatic carbocycles. The van der Waals surface area contributed by atoms with Crippen molar-refractivity contribution < 1.29 is 4.79 Å². The number of hydrogen-bond acceptors (Lipinski definition) is 4. The number of carbonyl (C=O) groups excluding carboxylic acids is 1. The Morgan fingerprint density at radius 1 is 1.12 bits per heavy atom. The van der Waals surface area contributed by atoms with Crippen molar-refractivity contribution in [3.05, 3.63) is 0 Å². The third-order valence-electron chi connectivity index (χ3n) is 5.96. The number of amides is 1. The predicted octanol–water partition coefficient (Wildman–Crippen LogP) is 2.03. The van der Waals surface area contributed by atoms with E-state index in [0.29, 0.717) is 12.1 Å². The summed E-state index contributed by atoms with van der Waals surface area (Å²) in [6.07, 6.45) is 6.18. The largest absolute Gasteiger partial charge is 0.354 e. The Kier molecular flexibility index (Phi) is 8.67. The van der Waals surface area contributed by atoms with Gasteiger partial charge in [0, 0.05) is 38.6 Å². The van der Waals surface area contributed by atoms with Crippen LogP contribution >= 0.6 is 0 Å². The fourth-order valence-corrected chi connectivity index (χ4v) is 4.34. The molecule has 146 valence electrons. The number of likely N-dealkylation sites (tertiary alicyclic amines) is 2. The van der Waals surface area contributed by atoms with Gasteiger partial charge in [0.15, 0.2) is 0 Å². The average Bonchev–Trinajstić information content (AvgIpc) is 2.56. The molecule has 2 heterocycles. The predicted molar refractivity (Wildman–Crippen MR) is 105 cm³/mol. The topological polar surface area (TPSA) is 38.8 Å². The number of piperidine rings is 2.